The summed E-state index contributed by atoms with van der Waals surface area (Å²) in [6, 6.07) is 2.38. The van der Waals surface area contributed by atoms with Crippen LogP contribution in [0.1, 0.15) is 51.4 Å². The van der Waals surface area contributed by atoms with Gasteiger partial charge in [0.1, 0.15) is 35.5 Å². The highest BCUT2D eigenvalue weighted by Gasteiger charge is 2.21. The quantitative estimate of drug-likeness (QED) is 0.543. The number of carbonyl (C=O) groups is 1. The number of nitrogens with one attached hydrogen (secondary N) is 1. The van der Waals surface area contributed by atoms with Crippen molar-refractivity contribution in [3.05, 3.63) is 17.7 Å². The van der Waals surface area contributed by atoms with Gasteiger partial charge in [0.2, 0.25) is 0 Å². The molecule has 0 saturated carbocycles. The molecule has 1 aromatic carbocycles. The van der Waals surface area contributed by atoms with Crippen molar-refractivity contribution in [2.24, 2.45) is 5.92 Å². The summed E-state index contributed by atoms with van der Waals surface area (Å²) in [5.41, 5.74) is -0.0969. The smallest absolute Gasteiger partial charge is 0.170 e. The van der Waals surface area contributed by atoms with Gasteiger partial charge in [-0.15, -0.1) is 0 Å². The van der Waals surface area contributed by atoms with Gasteiger partial charge in [-0.25, -0.2) is 0 Å². The molecule has 0 saturated heterocycles. The molecule has 0 bridgehead atoms. The molecule has 6 heteroatoms. The summed E-state index contributed by atoms with van der Waals surface area (Å²) < 4.78 is 5.50. The molecule has 24 heavy (non-hydrogen) atoms. The second-order valence-corrected chi connectivity index (χ2v) is 7.45. The van der Waals surface area contributed by atoms with Crippen LogP contribution in [0.4, 0.5) is 0 Å². The van der Waals surface area contributed by atoms with Gasteiger partial charge in [-0.1, -0.05) is 13.8 Å². The number of hydrogen-bond donors (Lipinski definition) is 4. The van der Waals surface area contributed by atoms with E-state index in [-0.39, 0.29) is 53.1 Å². The van der Waals surface area contributed by atoms with E-state index in [1.807, 2.05) is 34.6 Å². The molecular weight excluding hydrogens is 310 g/mol. The number of carbonyl (C=O) groups excluding carboxylic acids is 1. The molecule has 0 amide bonds. The summed E-state index contributed by atoms with van der Waals surface area (Å²) in [6.45, 7) is 10.0. The third kappa shape index (κ3) is 6.76. The van der Waals surface area contributed by atoms with E-state index in [2.05, 4.69) is 5.32 Å². The van der Waals surface area contributed by atoms with Crippen LogP contribution in [0.15, 0.2) is 12.1 Å². The second kappa shape index (κ2) is 8.35. The minimum absolute atomic E-state index is 0.0393. The Morgan fingerprint density at radius 2 is 1.88 bits per heavy atom. The monoisotopic (exact) mass is 339 g/mol. The molecular formula is C18H29NO5. The number of benzene rings is 1. The number of ether oxygens (including phenoxy) is 1. The number of β-amino-alcohol motifs (C(OH)–C–C–N with tert-alkyl or cyclic N) is 1. The van der Waals surface area contributed by atoms with Gasteiger partial charge in [0.05, 0.1) is 0 Å². The van der Waals surface area contributed by atoms with Crippen molar-refractivity contribution in [3.8, 4) is 17.2 Å². The third-order valence-corrected chi connectivity index (χ3v) is 3.24. The van der Waals surface area contributed by atoms with Crippen LogP contribution in [0.5, 0.6) is 17.2 Å². The van der Waals surface area contributed by atoms with E-state index in [1.165, 1.54) is 6.07 Å². The van der Waals surface area contributed by atoms with Crippen molar-refractivity contribution in [2.45, 2.75) is 52.7 Å². The van der Waals surface area contributed by atoms with Crippen LogP contribution in [0.3, 0.4) is 0 Å². The van der Waals surface area contributed by atoms with Crippen molar-refractivity contribution in [1.82, 2.24) is 5.32 Å². The summed E-state index contributed by atoms with van der Waals surface area (Å²) >= 11 is 0. The summed E-state index contributed by atoms with van der Waals surface area (Å²) in [5.74, 6) is -0.586. The highest BCUT2D eigenvalue weighted by Crippen LogP contribution is 2.34. The average Bonchev–Trinajstić information content (AvgIpc) is 2.40. The number of aliphatic hydroxyl groups is 1. The second-order valence-electron chi connectivity index (χ2n) is 7.45. The van der Waals surface area contributed by atoms with Gasteiger partial charge in [0, 0.05) is 30.6 Å². The molecule has 1 rings (SSSR count). The maximum Gasteiger partial charge on any atom is 0.170 e. The first-order chi connectivity index (χ1) is 11.0. The lowest BCUT2D eigenvalue weighted by Crippen LogP contribution is -2.42. The highest BCUT2D eigenvalue weighted by molar-refractivity contribution is 6.01. The van der Waals surface area contributed by atoms with Crippen molar-refractivity contribution in [2.75, 3.05) is 13.2 Å². The lowest BCUT2D eigenvalue weighted by molar-refractivity contribution is 0.0919. The van der Waals surface area contributed by atoms with Crippen LogP contribution in [0, 0.1) is 5.92 Å². The van der Waals surface area contributed by atoms with Gasteiger partial charge in [-0.05, 0) is 26.7 Å². The minimum Gasteiger partial charge on any atom is -0.508 e. The Hall–Kier alpha value is -1.79. The largest absolute Gasteiger partial charge is 0.508 e. The summed E-state index contributed by atoms with van der Waals surface area (Å²) in [4.78, 5) is 12.3. The molecule has 0 fully saturated rings. The maximum absolute atomic E-state index is 12.3. The number of phenolic OH excluding ortho intramolecular Hbond substituents is 2. The van der Waals surface area contributed by atoms with Gasteiger partial charge >= 0.3 is 0 Å². The van der Waals surface area contributed by atoms with E-state index >= 15 is 0 Å². The summed E-state index contributed by atoms with van der Waals surface area (Å²) in [6.07, 6.45) is -0.537. The number of Topliss-reactive ketones (excluding diaryl/α,β-unsaturated/α-hetero) is 1. The Labute approximate surface area is 143 Å². The summed E-state index contributed by atoms with van der Waals surface area (Å²) in [5, 5.41) is 32.8. The number of hydrogen-bond acceptors (Lipinski definition) is 6. The van der Waals surface area contributed by atoms with Crippen molar-refractivity contribution in [3.63, 3.8) is 0 Å². The van der Waals surface area contributed by atoms with Gasteiger partial charge < -0.3 is 25.4 Å². The number of aliphatic hydroxyl groups excluding tert-OH is 1. The van der Waals surface area contributed by atoms with E-state index in [0.717, 1.165) is 6.07 Å². The van der Waals surface area contributed by atoms with Gasteiger partial charge in [0.25, 0.3) is 0 Å². The van der Waals surface area contributed by atoms with Crippen LogP contribution in [-0.4, -0.2) is 45.9 Å². The third-order valence-electron chi connectivity index (χ3n) is 3.24. The van der Waals surface area contributed by atoms with Crippen molar-refractivity contribution < 1.29 is 24.9 Å². The van der Waals surface area contributed by atoms with E-state index in [4.69, 9.17) is 4.74 Å². The van der Waals surface area contributed by atoms with E-state index < -0.39 is 6.10 Å². The van der Waals surface area contributed by atoms with Crippen LogP contribution in [0.2, 0.25) is 0 Å². The molecule has 0 aromatic heterocycles. The Morgan fingerprint density at radius 3 is 2.42 bits per heavy atom. The molecule has 0 radical (unpaired) electrons. The molecule has 0 aliphatic rings. The minimum atomic E-state index is -0.790. The van der Waals surface area contributed by atoms with Gasteiger partial charge in [0.15, 0.2) is 5.78 Å². The normalized spacial score (nSPS) is 13.1. The van der Waals surface area contributed by atoms with Crippen LogP contribution in [-0.2, 0) is 0 Å². The molecule has 1 aromatic rings. The highest BCUT2D eigenvalue weighted by atomic mass is 16.5. The van der Waals surface area contributed by atoms with Crippen molar-refractivity contribution >= 4 is 5.78 Å². The first-order valence-corrected chi connectivity index (χ1v) is 8.14. The van der Waals surface area contributed by atoms with E-state index in [1.54, 1.807) is 0 Å². The number of rotatable bonds is 8. The molecule has 0 unspecified atom stereocenters. The lowest BCUT2D eigenvalue weighted by atomic mass is 9.99. The van der Waals surface area contributed by atoms with Crippen LogP contribution in [0.25, 0.3) is 0 Å². The fourth-order valence-electron chi connectivity index (χ4n) is 2.12. The standard InChI is InChI=1S/C18H29NO5/c1-11(2)6-14(22)17-15(23)7-12(20)8-16(17)24-10-13(21)9-19-18(3,4)5/h7-8,11,13,19-21,23H,6,9-10H2,1-5H3/t13-/m0/s1. The predicted octanol–water partition coefficient (Wildman–Crippen LogP) is 2.45. The molecule has 0 heterocycles. The lowest BCUT2D eigenvalue weighted by Gasteiger charge is -2.23. The first kappa shape index (κ1) is 20.3. The molecule has 136 valence electrons. The Bertz CT molecular complexity index is 563. The molecule has 0 aliphatic carbocycles. The molecule has 6 nitrogen and oxygen atoms in total. The van der Waals surface area contributed by atoms with Gasteiger partial charge in [-0.2, -0.15) is 0 Å². The number of aromatic hydroxyl groups is 2. The maximum atomic E-state index is 12.3. The Morgan fingerprint density at radius 1 is 1.25 bits per heavy atom. The zero-order valence-electron chi connectivity index (χ0n) is 15.1. The molecule has 4 N–H and O–H groups in total. The van der Waals surface area contributed by atoms with Crippen LogP contribution >= 0.6 is 0 Å². The topological polar surface area (TPSA) is 99.0 Å². The van der Waals surface area contributed by atoms with Gasteiger partial charge in [-0.3, -0.25) is 4.79 Å². The molecule has 0 aliphatic heterocycles. The zero-order valence-corrected chi connectivity index (χ0v) is 15.1. The number of ketones is 1. The SMILES string of the molecule is CC(C)CC(=O)c1c(O)cc(O)cc1OC[C@@H](O)CNC(C)(C)C. The summed E-state index contributed by atoms with van der Waals surface area (Å²) in [7, 11) is 0. The predicted molar refractivity (Wildman–Crippen MR) is 92.8 cm³/mol. The average molecular weight is 339 g/mol. The number of phenols is 2. The fraction of sp³-hybridized carbons (Fsp3) is 0.611. The van der Waals surface area contributed by atoms with E-state index in [9.17, 15) is 20.1 Å². The first-order valence-electron chi connectivity index (χ1n) is 8.14. The molecule has 0 spiro atoms. The van der Waals surface area contributed by atoms with Crippen LogP contribution < -0.4 is 10.1 Å². The van der Waals surface area contributed by atoms with E-state index in [0.29, 0.717) is 6.54 Å². The Balaban J connectivity index is 2.84. The van der Waals surface area contributed by atoms with Crippen molar-refractivity contribution in [1.29, 1.82) is 0 Å². The fourth-order valence-corrected chi connectivity index (χ4v) is 2.12. The Kier molecular flexibility index (Phi) is 7.05. The zero-order chi connectivity index (χ0) is 18.5. The molecule has 1 atom stereocenters.